The van der Waals surface area contributed by atoms with Crippen LogP contribution >= 0.6 is 11.6 Å². The molecule has 1 aliphatic heterocycles. The Kier molecular flexibility index (Phi) is 5.88. The van der Waals surface area contributed by atoms with Gasteiger partial charge in [0.25, 0.3) is 0 Å². The number of hydrogen-bond acceptors (Lipinski definition) is 3. The molecule has 2 amide bonds. The first-order chi connectivity index (χ1) is 10.9. The van der Waals surface area contributed by atoms with Crippen molar-refractivity contribution in [3.63, 3.8) is 0 Å². The van der Waals surface area contributed by atoms with E-state index in [1.54, 1.807) is 23.1 Å². The molecule has 1 heterocycles. The summed E-state index contributed by atoms with van der Waals surface area (Å²) in [5.74, 6) is 0.693. The number of amides is 2. The minimum Gasteiger partial charge on any atom is -0.495 e. The molecule has 0 bridgehead atoms. The molecule has 1 fully saturated rings. The number of nitrogens with zero attached hydrogens (tertiary/aromatic N) is 1. The minimum atomic E-state index is -0.310. The number of benzene rings is 1. The summed E-state index contributed by atoms with van der Waals surface area (Å²) in [5.41, 5.74) is 0.605. The van der Waals surface area contributed by atoms with Gasteiger partial charge in [-0.05, 0) is 30.5 Å². The summed E-state index contributed by atoms with van der Waals surface area (Å²) in [6.45, 7) is 5.45. The third-order valence-electron chi connectivity index (χ3n) is 3.98. The minimum absolute atomic E-state index is 0.0542. The summed E-state index contributed by atoms with van der Waals surface area (Å²) in [4.78, 5) is 26.1. The van der Waals surface area contributed by atoms with E-state index in [0.717, 1.165) is 6.42 Å². The van der Waals surface area contributed by atoms with Gasteiger partial charge in [0.2, 0.25) is 11.8 Å². The van der Waals surface area contributed by atoms with Gasteiger partial charge in [0.05, 0.1) is 18.1 Å². The Hall–Kier alpha value is -1.75. The van der Waals surface area contributed by atoms with Gasteiger partial charge in [-0.25, -0.2) is 0 Å². The molecule has 0 spiro atoms. The van der Waals surface area contributed by atoms with Crippen molar-refractivity contribution in [1.29, 1.82) is 0 Å². The molecule has 1 aliphatic rings. The van der Waals surface area contributed by atoms with Crippen molar-refractivity contribution >= 4 is 29.1 Å². The molecular formula is C17H23ClN2O3. The van der Waals surface area contributed by atoms with Crippen LogP contribution < -0.4 is 10.1 Å². The molecule has 5 nitrogen and oxygen atoms in total. The number of rotatable bonds is 6. The Morgan fingerprint density at radius 1 is 1.48 bits per heavy atom. The molecule has 6 heteroatoms. The van der Waals surface area contributed by atoms with Crippen LogP contribution in [0.15, 0.2) is 18.2 Å². The highest BCUT2D eigenvalue weighted by Gasteiger charge is 2.34. The van der Waals surface area contributed by atoms with Gasteiger partial charge in [-0.15, -0.1) is 0 Å². The van der Waals surface area contributed by atoms with E-state index in [-0.39, 0.29) is 24.2 Å². The number of halogens is 1. The molecule has 0 aromatic heterocycles. The molecule has 1 unspecified atom stereocenters. The highest BCUT2D eigenvalue weighted by molar-refractivity contribution is 6.32. The highest BCUT2D eigenvalue weighted by atomic mass is 35.5. The van der Waals surface area contributed by atoms with Crippen LogP contribution in [-0.4, -0.2) is 36.9 Å². The number of carbonyl (C=O) groups excluding carboxylic acids is 2. The molecule has 1 saturated heterocycles. The zero-order chi connectivity index (χ0) is 17.0. The average molecular weight is 339 g/mol. The second kappa shape index (κ2) is 7.68. The number of anilines is 1. The van der Waals surface area contributed by atoms with Crippen LogP contribution in [0.1, 0.15) is 26.7 Å². The first-order valence-electron chi connectivity index (χ1n) is 7.83. The molecule has 1 N–H and O–H groups in total. The third-order valence-corrected chi connectivity index (χ3v) is 4.28. The second-order valence-electron chi connectivity index (χ2n) is 6.26. The van der Waals surface area contributed by atoms with Crippen molar-refractivity contribution in [1.82, 2.24) is 4.90 Å². The Bertz CT molecular complexity index is 589. The van der Waals surface area contributed by atoms with Crippen molar-refractivity contribution in [3.8, 4) is 5.75 Å². The molecule has 1 aromatic rings. The molecule has 0 aliphatic carbocycles. The lowest BCUT2D eigenvalue weighted by atomic mass is 10.1. The van der Waals surface area contributed by atoms with Crippen molar-refractivity contribution < 1.29 is 14.3 Å². The SMILES string of the molecule is COc1ccc(NC(=O)C2CC(=O)N(CCC(C)C)C2)cc1Cl. The lowest BCUT2D eigenvalue weighted by Gasteiger charge is -2.17. The smallest absolute Gasteiger partial charge is 0.229 e. The fourth-order valence-corrected chi connectivity index (χ4v) is 2.82. The lowest BCUT2D eigenvalue weighted by Crippen LogP contribution is -2.29. The number of likely N-dealkylation sites (tertiary alicyclic amines) is 1. The Morgan fingerprint density at radius 2 is 2.22 bits per heavy atom. The summed E-state index contributed by atoms with van der Waals surface area (Å²) < 4.78 is 5.08. The quantitative estimate of drug-likeness (QED) is 0.866. The van der Waals surface area contributed by atoms with E-state index in [9.17, 15) is 9.59 Å². The van der Waals surface area contributed by atoms with Crippen molar-refractivity contribution in [2.45, 2.75) is 26.7 Å². The zero-order valence-electron chi connectivity index (χ0n) is 13.8. The summed E-state index contributed by atoms with van der Waals surface area (Å²) >= 11 is 6.05. The summed E-state index contributed by atoms with van der Waals surface area (Å²) in [6, 6.07) is 5.08. The fraction of sp³-hybridized carbons (Fsp3) is 0.529. The maximum Gasteiger partial charge on any atom is 0.229 e. The van der Waals surface area contributed by atoms with Crippen LogP contribution in [0.4, 0.5) is 5.69 Å². The lowest BCUT2D eigenvalue weighted by molar-refractivity contribution is -0.128. The summed E-state index contributed by atoms with van der Waals surface area (Å²) in [5, 5.41) is 3.26. The van der Waals surface area contributed by atoms with E-state index in [1.807, 2.05) is 0 Å². The van der Waals surface area contributed by atoms with Gasteiger partial charge in [0.1, 0.15) is 5.75 Å². The third kappa shape index (κ3) is 4.61. The molecule has 0 radical (unpaired) electrons. The zero-order valence-corrected chi connectivity index (χ0v) is 14.5. The fourth-order valence-electron chi connectivity index (χ4n) is 2.57. The van der Waals surface area contributed by atoms with E-state index in [2.05, 4.69) is 19.2 Å². The molecule has 23 heavy (non-hydrogen) atoms. The first-order valence-corrected chi connectivity index (χ1v) is 8.20. The van der Waals surface area contributed by atoms with Gasteiger partial charge in [0.15, 0.2) is 0 Å². The van der Waals surface area contributed by atoms with Gasteiger partial charge in [-0.1, -0.05) is 25.4 Å². The van der Waals surface area contributed by atoms with Gasteiger partial charge in [0, 0.05) is 25.2 Å². The van der Waals surface area contributed by atoms with Crippen LogP contribution in [-0.2, 0) is 9.59 Å². The molecular weight excluding hydrogens is 316 g/mol. The average Bonchev–Trinajstić information content (AvgIpc) is 2.86. The molecule has 126 valence electrons. The predicted octanol–water partition coefficient (Wildman–Crippen LogP) is 3.18. The Balaban J connectivity index is 1.94. The first kappa shape index (κ1) is 17.6. The van der Waals surface area contributed by atoms with Crippen molar-refractivity contribution in [3.05, 3.63) is 23.2 Å². The van der Waals surface area contributed by atoms with Crippen LogP contribution in [0.25, 0.3) is 0 Å². The Morgan fingerprint density at radius 3 is 2.83 bits per heavy atom. The van der Waals surface area contributed by atoms with Gasteiger partial charge < -0.3 is 15.0 Å². The predicted molar refractivity (Wildman–Crippen MR) is 90.8 cm³/mol. The van der Waals surface area contributed by atoms with E-state index >= 15 is 0 Å². The largest absolute Gasteiger partial charge is 0.495 e. The maximum absolute atomic E-state index is 12.3. The van der Waals surface area contributed by atoms with Crippen LogP contribution in [0.2, 0.25) is 5.02 Å². The topological polar surface area (TPSA) is 58.6 Å². The normalized spacial score (nSPS) is 17.7. The monoisotopic (exact) mass is 338 g/mol. The van der Waals surface area contributed by atoms with Crippen molar-refractivity contribution in [2.75, 3.05) is 25.5 Å². The number of nitrogens with one attached hydrogen (secondary N) is 1. The summed E-state index contributed by atoms with van der Waals surface area (Å²) in [7, 11) is 1.54. The molecule has 1 aromatic carbocycles. The molecule has 1 atom stereocenters. The van der Waals surface area contributed by atoms with Gasteiger partial charge >= 0.3 is 0 Å². The Labute approximate surface area is 141 Å². The van der Waals surface area contributed by atoms with Crippen LogP contribution in [0.5, 0.6) is 5.75 Å². The maximum atomic E-state index is 12.3. The van der Waals surface area contributed by atoms with Gasteiger partial charge in [-0.3, -0.25) is 9.59 Å². The number of methoxy groups -OCH3 is 1. The standard InChI is InChI=1S/C17H23ClN2O3/c1-11(2)6-7-20-10-12(8-16(20)21)17(22)19-13-4-5-15(23-3)14(18)9-13/h4-5,9,11-12H,6-8,10H2,1-3H3,(H,19,22). The number of ether oxygens (including phenoxy) is 1. The second-order valence-corrected chi connectivity index (χ2v) is 6.67. The van der Waals surface area contributed by atoms with E-state index < -0.39 is 0 Å². The number of carbonyl (C=O) groups is 2. The molecule has 2 rings (SSSR count). The van der Waals surface area contributed by atoms with Crippen LogP contribution in [0.3, 0.4) is 0 Å². The van der Waals surface area contributed by atoms with E-state index in [4.69, 9.17) is 16.3 Å². The van der Waals surface area contributed by atoms with E-state index in [1.165, 1.54) is 7.11 Å². The van der Waals surface area contributed by atoms with E-state index in [0.29, 0.717) is 35.5 Å². The van der Waals surface area contributed by atoms with Crippen LogP contribution in [0, 0.1) is 11.8 Å². The summed E-state index contributed by atoms with van der Waals surface area (Å²) in [6.07, 6.45) is 1.22. The molecule has 0 saturated carbocycles. The highest BCUT2D eigenvalue weighted by Crippen LogP contribution is 2.28. The van der Waals surface area contributed by atoms with Crippen molar-refractivity contribution in [2.24, 2.45) is 11.8 Å². The van der Waals surface area contributed by atoms with Gasteiger partial charge in [-0.2, -0.15) is 0 Å². The number of hydrogen-bond donors (Lipinski definition) is 1.